The monoisotopic (exact) mass is 421 g/mol. The van der Waals surface area contributed by atoms with Gasteiger partial charge >= 0.3 is 0 Å². The second-order valence-electron chi connectivity index (χ2n) is 6.87. The van der Waals surface area contributed by atoms with Gasteiger partial charge in [0.15, 0.2) is 5.82 Å². The van der Waals surface area contributed by atoms with Gasteiger partial charge in [-0.2, -0.15) is 16.4 Å². The molecule has 5 rings (SSSR count). The smallest absolute Gasteiger partial charge is 0.259 e. The lowest BCUT2D eigenvalue weighted by atomic mass is 10.1. The number of nitrogens with one attached hydrogen (secondary N) is 1. The number of aromatic amines is 1. The van der Waals surface area contributed by atoms with Crippen molar-refractivity contribution in [1.82, 2.24) is 20.1 Å². The van der Waals surface area contributed by atoms with Crippen molar-refractivity contribution in [2.45, 2.75) is 19.0 Å². The lowest BCUT2D eigenvalue weighted by Crippen LogP contribution is -2.20. The number of benzene rings is 1. The first kappa shape index (κ1) is 18.4. The van der Waals surface area contributed by atoms with Gasteiger partial charge in [0, 0.05) is 24.2 Å². The van der Waals surface area contributed by atoms with Crippen LogP contribution in [-0.2, 0) is 6.54 Å². The molecule has 1 aromatic carbocycles. The van der Waals surface area contributed by atoms with Crippen LogP contribution in [0.15, 0.2) is 74.0 Å². The van der Waals surface area contributed by atoms with Crippen molar-refractivity contribution in [2.24, 2.45) is 5.10 Å². The Balaban J connectivity index is 1.48. The van der Waals surface area contributed by atoms with E-state index in [1.165, 1.54) is 23.7 Å². The van der Waals surface area contributed by atoms with Gasteiger partial charge < -0.3 is 9.51 Å². The third-order valence-corrected chi connectivity index (χ3v) is 5.67. The minimum Gasteiger partial charge on any atom is -0.364 e. The Hall–Kier alpha value is -3.59. The average molecular weight is 421 g/mol. The molecule has 1 unspecified atom stereocenters. The van der Waals surface area contributed by atoms with Crippen molar-refractivity contribution in [3.05, 3.63) is 92.9 Å². The number of thiophene rings is 1. The van der Waals surface area contributed by atoms with Crippen molar-refractivity contribution in [3.8, 4) is 11.1 Å². The predicted molar refractivity (Wildman–Crippen MR) is 111 cm³/mol. The third-order valence-electron chi connectivity index (χ3n) is 4.99. The number of halogens is 1. The molecule has 0 radical (unpaired) electrons. The Morgan fingerprint density at radius 2 is 2.17 bits per heavy atom. The third kappa shape index (κ3) is 3.43. The zero-order valence-corrected chi connectivity index (χ0v) is 16.5. The SMILES string of the molecule is O=c1[nH]c(C2=NN(Cc3ccccc3F)C(c3ccon3)C2)ncc1-c1ccsc1. The minimum absolute atomic E-state index is 0.230. The van der Waals surface area contributed by atoms with E-state index in [4.69, 9.17) is 4.52 Å². The van der Waals surface area contributed by atoms with Crippen LogP contribution in [0.1, 0.15) is 29.5 Å². The molecule has 1 aliphatic rings. The van der Waals surface area contributed by atoms with Gasteiger partial charge in [-0.25, -0.2) is 9.37 Å². The van der Waals surface area contributed by atoms with Gasteiger partial charge in [0.1, 0.15) is 23.5 Å². The molecule has 150 valence electrons. The molecule has 3 aromatic heterocycles. The molecule has 1 aliphatic heterocycles. The average Bonchev–Trinajstić information content (AvgIpc) is 3.51. The summed E-state index contributed by atoms with van der Waals surface area (Å²) in [5, 5.41) is 14.2. The van der Waals surface area contributed by atoms with Crippen molar-refractivity contribution in [1.29, 1.82) is 0 Å². The lowest BCUT2D eigenvalue weighted by Gasteiger charge is -2.21. The van der Waals surface area contributed by atoms with E-state index in [9.17, 15) is 9.18 Å². The molecule has 0 saturated carbocycles. The largest absolute Gasteiger partial charge is 0.364 e. The summed E-state index contributed by atoms with van der Waals surface area (Å²) < 4.78 is 19.2. The van der Waals surface area contributed by atoms with Crippen LogP contribution in [0.25, 0.3) is 11.1 Å². The molecule has 0 fully saturated rings. The summed E-state index contributed by atoms with van der Waals surface area (Å²) in [6.45, 7) is 0.255. The number of hydrogen-bond donors (Lipinski definition) is 1. The van der Waals surface area contributed by atoms with Gasteiger partial charge in [0.2, 0.25) is 0 Å². The number of hydrogen-bond acceptors (Lipinski definition) is 7. The molecule has 0 aliphatic carbocycles. The van der Waals surface area contributed by atoms with Crippen LogP contribution >= 0.6 is 11.3 Å². The van der Waals surface area contributed by atoms with Crippen molar-refractivity contribution in [2.75, 3.05) is 0 Å². The topological polar surface area (TPSA) is 87.4 Å². The number of hydrazone groups is 1. The van der Waals surface area contributed by atoms with Gasteiger partial charge in [0.25, 0.3) is 5.56 Å². The van der Waals surface area contributed by atoms with Crippen LogP contribution in [0.5, 0.6) is 0 Å². The molecule has 30 heavy (non-hydrogen) atoms. The molecule has 1 atom stereocenters. The summed E-state index contributed by atoms with van der Waals surface area (Å²) in [4.78, 5) is 19.8. The highest BCUT2D eigenvalue weighted by Gasteiger charge is 2.32. The minimum atomic E-state index is -0.299. The second-order valence-corrected chi connectivity index (χ2v) is 7.65. The molecular weight excluding hydrogens is 405 g/mol. The Labute approximate surface area is 174 Å². The Bertz CT molecular complexity index is 1250. The number of H-pyrrole nitrogens is 1. The van der Waals surface area contributed by atoms with E-state index < -0.39 is 0 Å². The maximum absolute atomic E-state index is 14.2. The van der Waals surface area contributed by atoms with E-state index in [1.807, 2.05) is 16.8 Å². The van der Waals surface area contributed by atoms with Crippen molar-refractivity contribution >= 4 is 17.0 Å². The van der Waals surface area contributed by atoms with Crippen LogP contribution in [-0.4, -0.2) is 25.8 Å². The second kappa shape index (κ2) is 7.68. The zero-order chi connectivity index (χ0) is 20.5. The molecular formula is C21H16FN5O2S. The highest BCUT2D eigenvalue weighted by Crippen LogP contribution is 2.32. The summed E-state index contributed by atoms with van der Waals surface area (Å²) in [5.41, 5.74) is 2.91. The van der Waals surface area contributed by atoms with Gasteiger partial charge in [-0.15, -0.1) is 0 Å². The first-order chi connectivity index (χ1) is 14.7. The summed E-state index contributed by atoms with van der Waals surface area (Å²) in [6, 6.07) is 9.96. The molecule has 7 nitrogen and oxygen atoms in total. The van der Waals surface area contributed by atoms with E-state index in [2.05, 4.69) is 20.2 Å². The molecule has 0 bridgehead atoms. The van der Waals surface area contributed by atoms with E-state index >= 15 is 0 Å². The van der Waals surface area contributed by atoms with Crippen LogP contribution in [0.2, 0.25) is 0 Å². The fraction of sp³-hybridized carbons (Fsp3) is 0.143. The lowest BCUT2D eigenvalue weighted by molar-refractivity contribution is 0.211. The van der Waals surface area contributed by atoms with Gasteiger partial charge in [-0.1, -0.05) is 23.4 Å². The van der Waals surface area contributed by atoms with Crippen molar-refractivity contribution in [3.63, 3.8) is 0 Å². The molecule has 0 amide bonds. The molecule has 0 spiro atoms. The fourth-order valence-electron chi connectivity index (χ4n) is 3.46. The highest BCUT2D eigenvalue weighted by molar-refractivity contribution is 7.08. The fourth-order valence-corrected chi connectivity index (χ4v) is 4.12. The van der Waals surface area contributed by atoms with Crippen LogP contribution in [0.3, 0.4) is 0 Å². The molecule has 9 heteroatoms. The first-order valence-electron chi connectivity index (χ1n) is 9.29. The van der Waals surface area contributed by atoms with Gasteiger partial charge in [-0.3, -0.25) is 9.80 Å². The van der Waals surface area contributed by atoms with Gasteiger partial charge in [0.05, 0.1) is 18.2 Å². The van der Waals surface area contributed by atoms with Crippen LogP contribution in [0.4, 0.5) is 4.39 Å². The Morgan fingerprint density at radius 1 is 1.27 bits per heavy atom. The van der Waals surface area contributed by atoms with Crippen LogP contribution in [0, 0.1) is 5.82 Å². The summed E-state index contributed by atoms with van der Waals surface area (Å²) >= 11 is 1.52. The Kier molecular flexibility index (Phi) is 4.72. The number of nitrogens with zero attached hydrogens (tertiary/aromatic N) is 4. The predicted octanol–water partition coefficient (Wildman–Crippen LogP) is 3.98. The van der Waals surface area contributed by atoms with Crippen LogP contribution < -0.4 is 5.56 Å². The van der Waals surface area contributed by atoms with E-state index in [0.717, 1.165) is 5.56 Å². The van der Waals surface area contributed by atoms with Gasteiger partial charge in [-0.05, 0) is 28.5 Å². The molecule has 4 heterocycles. The molecule has 1 N–H and O–H groups in total. The zero-order valence-electron chi connectivity index (χ0n) is 15.7. The highest BCUT2D eigenvalue weighted by atomic mass is 32.1. The summed E-state index contributed by atoms with van der Waals surface area (Å²) in [5.74, 6) is 0.0928. The summed E-state index contributed by atoms with van der Waals surface area (Å²) in [6.07, 6.45) is 3.51. The van der Waals surface area contributed by atoms with E-state index in [0.29, 0.717) is 34.8 Å². The van der Waals surface area contributed by atoms with Crippen molar-refractivity contribution < 1.29 is 8.91 Å². The maximum atomic E-state index is 14.2. The summed E-state index contributed by atoms with van der Waals surface area (Å²) in [7, 11) is 0. The maximum Gasteiger partial charge on any atom is 0.259 e. The first-order valence-corrected chi connectivity index (χ1v) is 10.2. The quantitative estimate of drug-likeness (QED) is 0.527. The standard InChI is InChI=1S/C21H16FN5O2S/c22-16-4-2-1-3-13(16)11-27-19(17-5-7-29-26-17)9-18(25-27)20-23-10-15(21(28)24-20)14-6-8-30-12-14/h1-8,10,12,19H,9,11H2,(H,23,24,28). The Morgan fingerprint density at radius 3 is 2.90 bits per heavy atom. The van der Waals surface area contributed by atoms with E-state index in [-0.39, 0.29) is 24.0 Å². The molecule has 4 aromatic rings. The molecule has 0 saturated heterocycles. The van der Waals surface area contributed by atoms with E-state index in [1.54, 1.807) is 35.5 Å². The number of rotatable bonds is 5. The normalized spacial score (nSPS) is 16.1. The number of aromatic nitrogens is 3.